The summed E-state index contributed by atoms with van der Waals surface area (Å²) in [7, 11) is 0. The minimum atomic E-state index is -0.294. The normalized spacial score (nSPS) is 15.7. The summed E-state index contributed by atoms with van der Waals surface area (Å²) < 4.78 is 24.8. The van der Waals surface area contributed by atoms with Crippen LogP contribution in [0, 0.1) is 25.6 Å². The zero-order valence-corrected chi connectivity index (χ0v) is 16.9. The van der Waals surface area contributed by atoms with Gasteiger partial charge in [-0.1, -0.05) is 12.1 Å². The zero-order valence-electron chi connectivity index (χ0n) is 16.9. The van der Waals surface area contributed by atoms with Crippen molar-refractivity contribution in [1.29, 1.82) is 0 Å². The van der Waals surface area contributed by atoms with E-state index in [0.29, 0.717) is 23.7 Å². The zero-order chi connectivity index (χ0) is 20.4. The Morgan fingerprint density at radius 1 is 1.10 bits per heavy atom. The Morgan fingerprint density at radius 2 is 1.90 bits per heavy atom. The van der Waals surface area contributed by atoms with Crippen molar-refractivity contribution < 1.29 is 13.5 Å². The van der Waals surface area contributed by atoms with Crippen LogP contribution in [0.5, 0.6) is 5.75 Å². The van der Waals surface area contributed by atoms with E-state index in [1.807, 2.05) is 31.2 Å². The smallest absolute Gasteiger partial charge is 0.339 e. The Hall–Kier alpha value is -2.66. The second-order valence-corrected chi connectivity index (χ2v) is 7.96. The Bertz CT molecular complexity index is 1070. The molecule has 4 rings (SSSR count). The highest BCUT2D eigenvalue weighted by molar-refractivity contribution is 5.82. The fourth-order valence-electron chi connectivity index (χ4n) is 3.94. The maximum absolute atomic E-state index is 13.3. The molecule has 0 atom stereocenters. The molecular weight excluding hydrogens is 369 g/mol. The molecule has 0 aliphatic carbocycles. The van der Waals surface area contributed by atoms with Crippen LogP contribution in [0.4, 0.5) is 4.39 Å². The van der Waals surface area contributed by atoms with Gasteiger partial charge in [-0.2, -0.15) is 0 Å². The van der Waals surface area contributed by atoms with E-state index in [9.17, 15) is 9.18 Å². The maximum atomic E-state index is 13.3. The van der Waals surface area contributed by atoms with E-state index in [0.717, 1.165) is 54.7 Å². The van der Waals surface area contributed by atoms with Crippen LogP contribution in [-0.4, -0.2) is 24.6 Å². The fourth-order valence-corrected chi connectivity index (χ4v) is 3.94. The van der Waals surface area contributed by atoms with Crippen LogP contribution < -0.4 is 10.4 Å². The van der Waals surface area contributed by atoms with Crippen molar-refractivity contribution in [3.8, 4) is 5.75 Å². The Balaban J connectivity index is 1.32. The molecule has 29 heavy (non-hydrogen) atoms. The lowest BCUT2D eigenvalue weighted by Crippen LogP contribution is -2.35. The van der Waals surface area contributed by atoms with Crippen molar-refractivity contribution >= 4 is 11.0 Å². The molecular formula is C24H26FNO3. The molecule has 0 radical (unpaired) electrons. The van der Waals surface area contributed by atoms with Crippen LogP contribution in [0.3, 0.4) is 0 Å². The summed E-state index contributed by atoms with van der Waals surface area (Å²) in [5.41, 5.74) is 2.89. The van der Waals surface area contributed by atoms with Crippen molar-refractivity contribution in [1.82, 2.24) is 4.90 Å². The third kappa shape index (κ3) is 4.51. The van der Waals surface area contributed by atoms with Gasteiger partial charge in [-0.25, -0.2) is 9.18 Å². The number of rotatable bonds is 5. The summed E-state index contributed by atoms with van der Waals surface area (Å²) in [5, 5.41) is 0.945. The number of likely N-dealkylation sites (tertiary alicyclic amines) is 1. The topological polar surface area (TPSA) is 42.7 Å². The van der Waals surface area contributed by atoms with Crippen molar-refractivity contribution in [3.05, 3.63) is 75.4 Å². The van der Waals surface area contributed by atoms with E-state index in [4.69, 9.17) is 9.15 Å². The maximum Gasteiger partial charge on any atom is 0.339 e. The Kier molecular flexibility index (Phi) is 5.67. The van der Waals surface area contributed by atoms with Crippen molar-refractivity contribution in [3.63, 3.8) is 0 Å². The average Bonchev–Trinajstić information content (AvgIpc) is 2.71. The van der Waals surface area contributed by atoms with Gasteiger partial charge in [0, 0.05) is 23.6 Å². The van der Waals surface area contributed by atoms with E-state index in [2.05, 4.69) is 4.90 Å². The molecule has 0 N–H and O–H groups in total. The molecule has 1 saturated heterocycles. The number of halogens is 1. The van der Waals surface area contributed by atoms with Gasteiger partial charge in [0.1, 0.15) is 17.1 Å². The highest BCUT2D eigenvalue weighted by Gasteiger charge is 2.20. The molecule has 1 aromatic heterocycles. The summed E-state index contributed by atoms with van der Waals surface area (Å²) in [6, 6.07) is 12.5. The molecule has 0 unspecified atom stereocenters. The van der Waals surface area contributed by atoms with Gasteiger partial charge in [-0.3, -0.25) is 4.90 Å². The molecule has 0 spiro atoms. The summed E-state index contributed by atoms with van der Waals surface area (Å²) >= 11 is 0. The van der Waals surface area contributed by atoms with Crippen molar-refractivity contribution in [2.45, 2.75) is 33.2 Å². The van der Waals surface area contributed by atoms with Crippen LogP contribution in [0.1, 0.15) is 29.5 Å². The van der Waals surface area contributed by atoms with E-state index >= 15 is 0 Å². The standard InChI is InChI=1S/C24H26FNO3/c1-16-17(2)24(27)29-23-13-21(6-7-22(16)23)28-15-18-8-10-26(11-9-18)14-19-4-3-5-20(25)12-19/h3-7,12-13,18H,8-11,14-15H2,1-2H3. The molecule has 1 aliphatic rings. The number of piperidine rings is 1. The first-order chi connectivity index (χ1) is 14.0. The molecule has 3 aromatic rings. The monoisotopic (exact) mass is 395 g/mol. The van der Waals surface area contributed by atoms with E-state index < -0.39 is 0 Å². The van der Waals surface area contributed by atoms with Crippen LogP contribution in [0.15, 0.2) is 51.7 Å². The first-order valence-electron chi connectivity index (χ1n) is 10.1. The van der Waals surface area contributed by atoms with E-state index in [1.165, 1.54) is 6.07 Å². The Labute approximate surface area is 169 Å². The summed E-state index contributed by atoms with van der Waals surface area (Å²) in [4.78, 5) is 14.3. The first kappa shape index (κ1) is 19.6. The molecule has 2 aromatic carbocycles. The van der Waals surface area contributed by atoms with Gasteiger partial charge >= 0.3 is 5.63 Å². The third-order valence-electron chi connectivity index (χ3n) is 5.92. The van der Waals surface area contributed by atoms with Gasteiger partial charge in [0.2, 0.25) is 0 Å². The van der Waals surface area contributed by atoms with Gasteiger partial charge in [0.15, 0.2) is 0 Å². The number of hydrogen-bond acceptors (Lipinski definition) is 4. The molecule has 2 heterocycles. The number of fused-ring (bicyclic) bond motifs is 1. The van der Waals surface area contributed by atoms with Gasteiger partial charge < -0.3 is 9.15 Å². The molecule has 152 valence electrons. The number of nitrogens with zero attached hydrogens (tertiary/aromatic N) is 1. The summed E-state index contributed by atoms with van der Waals surface area (Å²) in [6.07, 6.45) is 2.10. The molecule has 0 saturated carbocycles. The molecule has 0 amide bonds. The van der Waals surface area contributed by atoms with E-state index in [-0.39, 0.29) is 11.4 Å². The Morgan fingerprint density at radius 3 is 2.66 bits per heavy atom. The molecule has 5 heteroatoms. The van der Waals surface area contributed by atoms with Gasteiger partial charge in [0.05, 0.1) is 6.61 Å². The number of aryl methyl sites for hydroxylation is 1. The lowest BCUT2D eigenvalue weighted by molar-refractivity contribution is 0.136. The average molecular weight is 395 g/mol. The highest BCUT2D eigenvalue weighted by atomic mass is 19.1. The lowest BCUT2D eigenvalue weighted by Gasteiger charge is -2.31. The van der Waals surface area contributed by atoms with Crippen LogP contribution in [0.2, 0.25) is 0 Å². The molecule has 1 aliphatic heterocycles. The fraction of sp³-hybridized carbons (Fsp3) is 0.375. The predicted molar refractivity (Wildman–Crippen MR) is 112 cm³/mol. The second-order valence-electron chi connectivity index (χ2n) is 7.96. The van der Waals surface area contributed by atoms with Crippen LogP contribution in [0.25, 0.3) is 11.0 Å². The van der Waals surface area contributed by atoms with Gasteiger partial charge in [0.25, 0.3) is 0 Å². The molecule has 4 nitrogen and oxygen atoms in total. The number of benzene rings is 2. The predicted octanol–water partition coefficient (Wildman–Crippen LogP) is 4.84. The highest BCUT2D eigenvalue weighted by Crippen LogP contribution is 2.25. The van der Waals surface area contributed by atoms with Crippen molar-refractivity contribution in [2.75, 3.05) is 19.7 Å². The van der Waals surface area contributed by atoms with Crippen molar-refractivity contribution in [2.24, 2.45) is 5.92 Å². The molecule has 1 fully saturated rings. The minimum Gasteiger partial charge on any atom is -0.493 e. The SMILES string of the molecule is Cc1c(C)c2ccc(OCC3CCN(Cc4cccc(F)c4)CC3)cc2oc1=O. The third-order valence-corrected chi connectivity index (χ3v) is 5.92. The largest absolute Gasteiger partial charge is 0.493 e. The second kappa shape index (κ2) is 8.37. The molecule has 0 bridgehead atoms. The lowest BCUT2D eigenvalue weighted by atomic mass is 9.97. The first-order valence-corrected chi connectivity index (χ1v) is 10.1. The minimum absolute atomic E-state index is 0.178. The summed E-state index contributed by atoms with van der Waals surface area (Å²) in [5.74, 6) is 1.04. The van der Waals surface area contributed by atoms with Crippen LogP contribution >= 0.6 is 0 Å². The quantitative estimate of drug-likeness (QED) is 0.580. The van der Waals surface area contributed by atoms with Crippen LogP contribution in [-0.2, 0) is 6.54 Å². The van der Waals surface area contributed by atoms with Gasteiger partial charge in [-0.15, -0.1) is 0 Å². The van der Waals surface area contributed by atoms with E-state index in [1.54, 1.807) is 19.1 Å². The number of hydrogen-bond donors (Lipinski definition) is 0. The number of ether oxygens (including phenoxy) is 1. The summed E-state index contributed by atoms with van der Waals surface area (Å²) in [6.45, 7) is 7.12. The van der Waals surface area contributed by atoms with Gasteiger partial charge in [-0.05, 0) is 81.1 Å².